The van der Waals surface area contributed by atoms with Gasteiger partial charge in [-0.2, -0.15) is 0 Å². The van der Waals surface area contributed by atoms with Crippen LogP contribution in [0.1, 0.15) is 36.6 Å². The number of amides is 2. The number of fused-ring (bicyclic) bond motifs is 2. The number of aromatic nitrogens is 1. The minimum Gasteiger partial charge on any atom is -0.324 e. The summed E-state index contributed by atoms with van der Waals surface area (Å²) >= 11 is 0. The second-order valence-corrected chi connectivity index (χ2v) is 5.72. The Labute approximate surface area is 142 Å². The summed E-state index contributed by atoms with van der Waals surface area (Å²) in [6.07, 6.45) is 1.57. The van der Waals surface area contributed by atoms with Gasteiger partial charge in [-0.3, -0.25) is 14.6 Å². The number of hydroxylamine groups is 2. The van der Waals surface area contributed by atoms with Crippen LogP contribution in [-0.2, 0) is 4.84 Å². The predicted molar refractivity (Wildman–Crippen MR) is 88.8 cm³/mol. The lowest BCUT2D eigenvalue weighted by Gasteiger charge is -2.13. The Morgan fingerprint density at radius 2 is 1.68 bits per heavy atom. The van der Waals surface area contributed by atoms with Crippen LogP contribution in [0.3, 0.4) is 0 Å². The number of benzene rings is 2. The van der Waals surface area contributed by atoms with E-state index in [0.29, 0.717) is 10.6 Å². The minimum atomic E-state index is -0.804. The highest BCUT2D eigenvalue weighted by Gasteiger charge is 2.39. The average Bonchev–Trinajstić information content (AvgIpc) is 2.86. The summed E-state index contributed by atoms with van der Waals surface area (Å²) in [6.45, 7) is 1.84. The molecule has 1 aliphatic rings. The van der Waals surface area contributed by atoms with Gasteiger partial charge in [-0.05, 0) is 42.8 Å². The molecule has 0 spiro atoms. The van der Waals surface area contributed by atoms with Crippen LogP contribution in [0.5, 0.6) is 0 Å². The van der Waals surface area contributed by atoms with E-state index in [2.05, 4.69) is 4.98 Å². The van der Waals surface area contributed by atoms with E-state index in [0.717, 1.165) is 10.9 Å². The summed E-state index contributed by atoms with van der Waals surface area (Å²) in [7, 11) is 0. The lowest BCUT2D eigenvalue weighted by atomic mass is 10.1. The summed E-state index contributed by atoms with van der Waals surface area (Å²) in [4.78, 5) is 46.6. The van der Waals surface area contributed by atoms with Crippen molar-refractivity contribution >= 4 is 28.7 Å². The Morgan fingerprint density at radius 3 is 2.36 bits per heavy atom. The van der Waals surface area contributed by atoms with Gasteiger partial charge in [0, 0.05) is 11.6 Å². The number of hydrogen-bond donors (Lipinski definition) is 0. The zero-order valence-electron chi connectivity index (χ0n) is 13.2. The van der Waals surface area contributed by atoms with E-state index >= 15 is 0 Å². The molecule has 2 amide bonds. The van der Waals surface area contributed by atoms with Gasteiger partial charge in [-0.1, -0.05) is 23.3 Å². The molecule has 6 nitrogen and oxygen atoms in total. The molecule has 25 heavy (non-hydrogen) atoms. The van der Waals surface area contributed by atoms with E-state index < -0.39 is 17.8 Å². The Kier molecular flexibility index (Phi) is 3.32. The molecule has 0 fully saturated rings. The van der Waals surface area contributed by atoms with E-state index in [1.54, 1.807) is 30.5 Å². The molecular formula is C19H12N2O4. The van der Waals surface area contributed by atoms with Crippen molar-refractivity contribution in [2.24, 2.45) is 0 Å². The summed E-state index contributed by atoms with van der Waals surface area (Å²) in [5, 5.41) is 1.28. The number of carbonyl (C=O) groups excluding carboxylic acids is 3. The van der Waals surface area contributed by atoms with E-state index in [1.165, 1.54) is 12.1 Å². The van der Waals surface area contributed by atoms with Crippen LogP contribution >= 0.6 is 0 Å². The molecular weight excluding hydrogens is 320 g/mol. The quantitative estimate of drug-likeness (QED) is 0.674. The Hall–Kier alpha value is -3.54. The Balaban J connectivity index is 1.70. The first-order valence-electron chi connectivity index (χ1n) is 7.62. The molecule has 6 heteroatoms. The highest BCUT2D eigenvalue weighted by atomic mass is 16.7. The SMILES string of the molecule is Cc1cc(C(=O)ON2C(=O)c3ccccc3C2=O)c2ncccc2c1. The van der Waals surface area contributed by atoms with Crippen molar-refractivity contribution in [3.63, 3.8) is 0 Å². The van der Waals surface area contributed by atoms with Crippen molar-refractivity contribution in [1.82, 2.24) is 10.0 Å². The van der Waals surface area contributed by atoms with Gasteiger partial charge in [-0.15, -0.1) is 0 Å². The fraction of sp³-hybridized carbons (Fsp3) is 0.0526. The van der Waals surface area contributed by atoms with Crippen molar-refractivity contribution in [2.75, 3.05) is 0 Å². The van der Waals surface area contributed by atoms with Crippen LogP contribution in [-0.4, -0.2) is 27.8 Å². The smallest absolute Gasteiger partial charge is 0.324 e. The maximum atomic E-state index is 12.6. The third-order valence-corrected chi connectivity index (χ3v) is 4.00. The molecule has 2 aromatic carbocycles. The second kappa shape index (κ2) is 5.52. The lowest BCUT2D eigenvalue weighted by molar-refractivity contribution is -0.0583. The maximum Gasteiger partial charge on any atom is 0.366 e. The first-order chi connectivity index (χ1) is 12.1. The van der Waals surface area contributed by atoms with Crippen LogP contribution in [0, 0.1) is 6.92 Å². The molecule has 0 radical (unpaired) electrons. The highest BCUT2D eigenvalue weighted by molar-refractivity contribution is 6.21. The van der Waals surface area contributed by atoms with Crippen LogP contribution in [0.2, 0.25) is 0 Å². The van der Waals surface area contributed by atoms with Gasteiger partial charge in [-0.25, -0.2) is 4.79 Å². The standard InChI is InChI=1S/C19H12N2O4/c1-11-9-12-5-4-8-20-16(12)15(10-11)19(24)25-21-17(22)13-6-2-3-7-14(13)18(21)23/h2-10H,1H3. The zero-order valence-corrected chi connectivity index (χ0v) is 13.2. The molecule has 4 rings (SSSR count). The topological polar surface area (TPSA) is 76.6 Å². The average molecular weight is 332 g/mol. The molecule has 1 aromatic heterocycles. The van der Waals surface area contributed by atoms with Crippen molar-refractivity contribution < 1.29 is 19.2 Å². The van der Waals surface area contributed by atoms with Gasteiger partial charge in [0.1, 0.15) is 0 Å². The maximum absolute atomic E-state index is 12.6. The molecule has 122 valence electrons. The van der Waals surface area contributed by atoms with Gasteiger partial charge in [0.2, 0.25) is 0 Å². The van der Waals surface area contributed by atoms with E-state index in [-0.39, 0.29) is 16.7 Å². The molecule has 0 bridgehead atoms. The molecule has 0 N–H and O–H groups in total. The molecule has 0 atom stereocenters. The van der Waals surface area contributed by atoms with E-state index in [4.69, 9.17) is 4.84 Å². The number of rotatable bonds is 2. The third kappa shape index (κ3) is 2.35. The number of pyridine rings is 1. The number of hydrogen-bond acceptors (Lipinski definition) is 5. The fourth-order valence-corrected chi connectivity index (χ4v) is 2.88. The number of imide groups is 1. The normalized spacial score (nSPS) is 13.2. The first-order valence-corrected chi connectivity index (χ1v) is 7.62. The van der Waals surface area contributed by atoms with Crippen molar-refractivity contribution in [3.05, 3.63) is 77.0 Å². The van der Waals surface area contributed by atoms with Crippen LogP contribution < -0.4 is 0 Å². The molecule has 0 saturated carbocycles. The number of carbonyl (C=O) groups is 3. The summed E-state index contributed by atoms with van der Waals surface area (Å²) in [5.74, 6) is -2.11. The van der Waals surface area contributed by atoms with Crippen molar-refractivity contribution in [3.8, 4) is 0 Å². The highest BCUT2D eigenvalue weighted by Crippen LogP contribution is 2.25. The third-order valence-electron chi connectivity index (χ3n) is 4.00. The molecule has 2 heterocycles. The minimum absolute atomic E-state index is 0.201. The van der Waals surface area contributed by atoms with Gasteiger partial charge < -0.3 is 4.84 Å². The molecule has 0 saturated heterocycles. The van der Waals surface area contributed by atoms with Gasteiger partial charge in [0.05, 0.1) is 22.2 Å². The zero-order chi connectivity index (χ0) is 17.6. The van der Waals surface area contributed by atoms with Gasteiger partial charge in [0.15, 0.2) is 0 Å². The van der Waals surface area contributed by atoms with Crippen molar-refractivity contribution in [1.29, 1.82) is 0 Å². The van der Waals surface area contributed by atoms with Crippen molar-refractivity contribution in [2.45, 2.75) is 6.92 Å². The molecule has 0 aliphatic carbocycles. The Bertz CT molecular complexity index is 1020. The van der Waals surface area contributed by atoms with Crippen LogP contribution in [0.4, 0.5) is 0 Å². The summed E-state index contributed by atoms with van der Waals surface area (Å²) < 4.78 is 0. The molecule has 1 aliphatic heterocycles. The fourth-order valence-electron chi connectivity index (χ4n) is 2.88. The summed E-state index contributed by atoms with van der Waals surface area (Å²) in [5.41, 5.74) is 1.93. The van der Waals surface area contributed by atoms with Crippen LogP contribution in [0.15, 0.2) is 54.7 Å². The largest absolute Gasteiger partial charge is 0.366 e. The first kappa shape index (κ1) is 15.0. The van der Waals surface area contributed by atoms with Gasteiger partial charge >= 0.3 is 5.97 Å². The number of nitrogens with zero attached hydrogens (tertiary/aromatic N) is 2. The lowest BCUT2D eigenvalue weighted by Crippen LogP contribution is -2.32. The second-order valence-electron chi connectivity index (χ2n) is 5.72. The molecule has 0 unspecified atom stereocenters. The summed E-state index contributed by atoms with van der Waals surface area (Å²) in [6, 6.07) is 13.4. The Morgan fingerprint density at radius 1 is 1.00 bits per heavy atom. The molecule has 3 aromatic rings. The van der Waals surface area contributed by atoms with E-state index in [1.807, 2.05) is 19.1 Å². The number of aryl methyl sites for hydroxylation is 1. The van der Waals surface area contributed by atoms with Crippen LogP contribution in [0.25, 0.3) is 10.9 Å². The predicted octanol–water partition coefficient (Wildman–Crippen LogP) is 2.91. The van der Waals surface area contributed by atoms with E-state index in [9.17, 15) is 14.4 Å². The monoisotopic (exact) mass is 332 g/mol. The van der Waals surface area contributed by atoms with Gasteiger partial charge in [0.25, 0.3) is 11.8 Å².